The maximum Gasteiger partial charge on any atom is 0.289 e. The molecule has 0 N–H and O–H groups in total. The van der Waals surface area contributed by atoms with Crippen LogP contribution in [0.4, 0.5) is 0 Å². The number of amides is 2. The Morgan fingerprint density at radius 1 is 1.00 bits per heavy atom. The maximum absolute atomic E-state index is 12.6. The highest BCUT2D eigenvalue weighted by Crippen LogP contribution is 2.16. The summed E-state index contributed by atoms with van der Waals surface area (Å²) in [6.07, 6.45) is 3.90. The Hall–Kier alpha value is -2.61. The molecule has 0 saturated carbocycles. The predicted octanol–water partition coefficient (Wildman–Crippen LogP) is 1.46. The van der Waals surface area contributed by atoms with Gasteiger partial charge in [0.2, 0.25) is 0 Å². The highest BCUT2D eigenvalue weighted by Gasteiger charge is 2.28. The molecule has 4 rings (SSSR count). The van der Waals surface area contributed by atoms with Crippen molar-refractivity contribution in [3.05, 3.63) is 41.7 Å². The summed E-state index contributed by atoms with van der Waals surface area (Å²) in [5, 5.41) is 3.94. The fraction of sp³-hybridized carbons (Fsp3) is 0.500. The third-order valence-electron chi connectivity index (χ3n) is 4.94. The first kappa shape index (κ1) is 16.8. The second-order valence-corrected chi connectivity index (χ2v) is 6.72. The van der Waals surface area contributed by atoms with Crippen molar-refractivity contribution in [3.8, 4) is 0 Å². The van der Waals surface area contributed by atoms with Crippen LogP contribution in [0.25, 0.3) is 0 Å². The smallest absolute Gasteiger partial charge is 0.289 e. The van der Waals surface area contributed by atoms with Crippen molar-refractivity contribution in [2.45, 2.75) is 19.4 Å². The first-order valence-electron chi connectivity index (χ1n) is 9.01. The molecule has 8 nitrogen and oxygen atoms in total. The van der Waals surface area contributed by atoms with Crippen molar-refractivity contribution >= 4 is 11.8 Å². The van der Waals surface area contributed by atoms with E-state index in [1.165, 1.54) is 19.1 Å². The van der Waals surface area contributed by atoms with Gasteiger partial charge in [-0.25, -0.2) is 0 Å². The highest BCUT2D eigenvalue weighted by molar-refractivity contribution is 5.93. The van der Waals surface area contributed by atoms with Crippen LogP contribution in [0.5, 0.6) is 0 Å². The topological polar surface area (TPSA) is 83.0 Å². The summed E-state index contributed by atoms with van der Waals surface area (Å²) in [5.74, 6) is 0.762. The van der Waals surface area contributed by atoms with Gasteiger partial charge in [-0.1, -0.05) is 5.16 Å². The average Bonchev–Trinajstić information content (AvgIpc) is 3.43. The fourth-order valence-corrected chi connectivity index (χ4v) is 3.48. The zero-order chi connectivity index (χ0) is 17.9. The number of carbonyl (C=O) groups excluding carboxylic acids is 2. The minimum absolute atomic E-state index is 0.142. The van der Waals surface area contributed by atoms with Gasteiger partial charge in [-0.2, -0.15) is 0 Å². The van der Waals surface area contributed by atoms with Crippen molar-refractivity contribution in [1.29, 1.82) is 0 Å². The lowest BCUT2D eigenvalue weighted by Gasteiger charge is -2.33. The van der Waals surface area contributed by atoms with E-state index in [9.17, 15) is 9.59 Å². The van der Waals surface area contributed by atoms with Gasteiger partial charge in [0, 0.05) is 32.2 Å². The summed E-state index contributed by atoms with van der Waals surface area (Å²) in [6.45, 7) is 4.73. The predicted molar refractivity (Wildman–Crippen MR) is 91.5 cm³/mol. The van der Waals surface area contributed by atoms with E-state index in [1.807, 2.05) is 0 Å². The molecule has 2 aromatic rings. The van der Waals surface area contributed by atoms with E-state index < -0.39 is 0 Å². The average molecular weight is 358 g/mol. The number of aromatic nitrogens is 1. The molecule has 4 heterocycles. The Labute approximate surface area is 151 Å². The van der Waals surface area contributed by atoms with Gasteiger partial charge < -0.3 is 18.7 Å². The van der Waals surface area contributed by atoms with Gasteiger partial charge in [0.25, 0.3) is 11.8 Å². The molecular formula is C18H22N4O4. The summed E-state index contributed by atoms with van der Waals surface area (Å²) in [6, 6.07) is 5.08. The molecule has 0 radical (unpaired) electrons. The Morgan fingerprint density at radius 2 is 1.69 bits per heavy atom. The van der Waals surface area contributed by atoms with Gasteiger partial charge in [0.05, 0.1) is 12.8 Å². The molecule has 2 fully saturated rings. The number of furan rings is 1. The van der Waals surface area contributed by atoms with Crippen LogP contribution in [0.15, 0.2) is 33.4 Å². The van der Waals surface area contributed by atoms with Crippen LogP contribution >= 0.6 is 0 Å². The van der Waals surface area contributed by atoms with Gasteiger partial charge in [0.1, 0.15) is 0 Å². The van der Waals surface area contributed by atoms with Crippen LogP contribution in [0.2, 0.25) is 0 Å². The van der Waals surface area contributed by atoms with Gasteiger partial charge in [0.15, 0.2) is 17.2 Å². The third kappa shape index (κ3) is 3.50. The standard InChI is InChI=1S/C18H22N4O4/c23-17(15-12-14(26-19-15)13-20-5-1-2-6-20)21-7-9-22(10-8-21)18(24)16-4-3-11-25-16/h3-4,11-12H,1-2,5-10,13H2. The highest BCUT2D eigenvalue weighted by atomic mass is 16.5. The molecule has 0 bridgehead atoms. The molecule has 2 amide bonds. The molecule has 2 aliphatic rings. The molecular weight excluding hydrogens is 336 g/mol. The van der Waals surface area contributed by atoms with E-state index in [4.69, 9.17) is 8.94 Å². The van der Waals surface area contributed by atoms with Gasteiger partial charge in [-0.3, -0.25) is 14.5 Å². The largest absolute Gasteiger partial charge is 0.459 e. The van der Waals surface area contributed by atoms with Gasteiger partial charge >= 0.3 is 0 Å². The molecule has 0 aliphatic carbocycles. The fourth-order valence-electron chi connectivity index (χ4n) is 3.48. The number of nitrogens with zero attached hydrogens (tertiary/aromatic N) is 4. The molecule has 2 aliphatic heterocycles. The lowest BCUT2D eigenvalue weighted by Crippen LogP contribution is -2.50. The van der Waals surface area contributed by atoms with Crippen molar-refractivity contribution in [2.75, 3.05) is 39.3 Å². The van der Waals surface area contributed by atoms with Gasteiger partial charge in [-0.15, -0.1) is 0 Å². The first-order chi connectivity index (χ1) is 12.7. The third-order valence-corrected chi connectivity index (χ3v) is 4.94. The molecule has 2 aromatic heterocycles. The summed E-state index contributed by atoms with van der Waals surface area (Å²) in [5.41, 5.74) is 0.338. The number of likely N-dealkylation sites (tertiary alicyclic amines) is 1. The number of piperazine rings is 1. The summed E-state index contributed by atoms with van der Waals surface area (Å²) in [4.78, 5) is 30.6. The van der Waals surface area contributed by atoms with Gasteiger partial charge in [-0.05, 0) is 38.1 Å². The Morgan fingerprint density at radius 3 is 2.35 bits per heavy atom. The first-order valence-corrected chi connectivity index (χ1v) is 9.01. The van der Waals surface area contributed by atoms with E-state index in [0.29, 0.717) is 44.2 Å². The molecule has 0 unspecified atom stereocenters. The van der Waals surface area contributed by atoms with Crippen LogP contribution in [-0.4, -0.2) is 70.9 Å². The van der Waals surface area contributed by atoms with Crippen LogP contribution < -0.4 is 0 Å². The lowest BCUT2D eigenvalue weighted by molar-refractivity contribution is 0.0513. The number of carbonyl (C=O) groups is 2. The van der Waals surface area contributed by atoms with Crippen molar-refractivity contribution in [1.82, 2.24) is 19.9 Å². The Balaban J connectivity index is 1.32. The van der Waals surface area contributed by atoms with Crippen molar-refractivity contribution < 1.29 is 18.5 Å². The normalized spacial score (nSPS) is 18.5. The molecule has 8 heteroatoms. The van der Waals surface area contributed by atoms with Crippen LogP contribution in [0.1, 0.15) is 39.6 Å². The monoisotopic (exact) mass is 358 g/mol. The Kier molecular flexibility index (Phi) is 4.75. The lowest BCUT2D eigenvalue weighted by atomic mass is 10.2. The summed E-state index contributed by atoms with van der Waals surface area (Å²) >= 11 is 0. The second-order valence-electron chi connectivity index (χ2n) is 6.72. The molecule has 0 atom stereocenters. The van der Waals surface area contributed by atoms with E-state index >= 15 is 0 Å². The molecule has 138 valence electrons. The maximum atomic E-state index is 12.6. The molecule has 0 spiro atoms. The van der Waals surface area contributed by atoms with E-state index in [0.717, 1.165) is 18.8 Å². The van der Waals surface area contributed by atoms with Crippen LogP contribution in [0, 0.1) is 0 Å². The van der Waals surface area contributed by atoms with E-state index in [-0.39, 0.29) is 11.8 Å². The summed E-state index contributed by atoms with van der Waals surface area (Å²) < 4.78 is 10.5. The van der Waals surface area contributed by atoms with E-state index in [1.54, 1.807) is 28.0 Å². The SMILES string of the molecule is O=C(c1cc(CN2CCCC2)on1)N1CCN(C(=O)c2ccco2)CC1. The molecule has 0 aromatic carbocycles. The number of hydrogen-bond acceptors (Lipinski definition) is 6. The summed E-state index contributed by atoms with van der Waals surface area (Å²) in [7, 11) is 0. The number of hydrogen-bond donors (Lipinski definition) is 0. The van der Waals surface area contributed by atoms with E-state index in [2.05, 4.69) is 10.1 Å². The zero-order valence-electron chi connectivity index (χ0n) is 14.6. The molecule has 2 saturated heterocycles. The van der Waals surface area contributed by atoms with Crippen LogP contribution in [-0.2, 0) is 6.54 Å². The number of rotatable bonds is 4. The van der Waals surface area contributed by atoms with Crippen molar-refractivity contribution in [3.63, 3.8) is 0 Å². The minimum atomic E-state index is -0.147. The zero-order valence-corrected chi connectivity index (χ0v) is 14.6. The minimum Gasteiger partial charge on any atom is -0.459 e. The van der Waals surface area contributed by atoms with Crippen molar-refractivity contribution in [2.24, 2.45) is 0 Å². The Bertz CT molecular complexity index is 756. The van der Waals surface area contributed by atoms with Crippen LogP contribution in [0.3, 0.4) is 0 Å². The molecule has 26 heavy (non-hydrogen) atoms. The second kappa shape index (κ2) is 7.33. The quantitative estimate of drug-likeness (QED) is 0.823.